The highest BCUT2D eigenvalue weighted by Crippen LogP contribution is 2.38. The van der Waals surface area contributed by atoms with Crippen LogP contribution in [0.4, 0.5) is 0 Å². The maximum absolute atomic E-state index is 13.0. The maximum atomic E-state index is 13.0. The van der Waals surface area contributed by atoms with Crippen LogP contribution in [-0.2, 0) is 20.9 Å². The zero-order valence-corrected chi connectivity index (χ0v) is 19.6. The van der Waals surface area contributed by atoms with Gasteiger partial charge in [0.25, 0.3) is 0 Å². The van der Waals surface area contributed by atoms with Gasteiger partial charge in [-0.05, 0) is 43.4 Å². The predicted octanol–water partition coefficient (Wildman–Crippen LogP) is 3.79. The van der Waals surface area contributed by atoms with E-state index in [4.69, 9.17) is 9.47 Å². The fourth-order valence-corrected chi connectivity index (χ4v) is 4.74. The van der Waals surface area contributed by atoms with E-state index in [0.29, 0.717) is 31.2 Å². The average Bonchev–Trinajstić information content (AvgIpc) is 3.06. The van der Waals surface area contributed by atoms with Gasteiger partial charge in [0.1, 0.15) is 0 Å². The number of hydrogen-bond acceptors (Lipinski definition) is 5. The third kappa shape index (κ3) is 5.43. The topological polar surface area (TPSA) is 76.2 Å². The Morgan fingerprint density at radius 2 is 1.75 bits per heavy atom. The Bertz CT molecular complexity index is 801. The van der Waals surface area contributed by atoms with Crippen molar-refractivity contribution in [1.82, 2.24) is 9.80 Å². The molecular formula is C25H36N2O5. The van der Waals surface area contributed by atoms with Gasteiger partial charge in [0.15, 0.2) is 11.5 Å². The summed E-state index contributed by atoms with van der Waals surface area (Å²) < 4.78 is 11.2. The Balaban J connectivity index is 1.62. The SMILES string of the molecule is CCCOc1ccc(CN(CCC)C(=O)CCN2C(=O)[C@H]3CCCC[C@H]3C2=O)cc1OC. The summed E-state index contributed by atoms with van der Waals surface area (Å²) in [5.41, 5.74) is 0.951. The van der Waals surface area contributed by atoms with E-state index >= 15 is 0 Å². The molecule has 1 heterocycles. The van der Waals surface area contributed by atoms with Crippen molar-refractivity contribution in [2.75, 3.05) is 26.8 Å². The first kappa shape index (κ1) is 24.1. The summed E-state index contributed by atoms with van der Waals surface area (Å²) in [6, 6.07) is 5.72. The summed E-state index contributed by atoms with van der Waals surface area (Å²) >= 11 is 0. The molecule has 2 fully saturated rings. The first-order valence-corrected chi connectivity index (χ1v) is 11.9. The molecule has 176 valence electrons. The minimum atomic E-state index is -0.168. The monoisotopic (exact) mass is 444 g/mol. The van der Waals surface area contributed by atoms with Gasteiger partial charge in [0.2, 0.25) is 17.7 Å². The van der Waals surface area contributed by atoms with Crippen molar-refractivity contribution in [3.8, 4) is 11.5 Å². The van der Waals surface area contributed by atoms with Crippen LogP contribution in [0.2, 0.25) is 0 Å². The fourth-order valence-electron chi connectivity index (χ4n) is 4.74. The lowest BCUT2D eigenvalue weighted by Crippen LogP contribution is -2.37. The van der Waals surface area contributed by atoms with Crippen LogP contribution < -0.4 is 9.47 Å². The molecule has 1 saturated heterocycles. The van der Waals surface area contributed by atoms with Gasteiger partial charge in [0, 0.05) is 26.1 Å². The van der Waals surface area contributed by atoms with Gasteiger partial charge in [-0.3, -0.25) is 19.3 Å². The number of carbonyl (C=O) groups excluding carboxylic acids is 3. The molecule has 0 radical (unpaired) electrons. The van der Waals surface area contributed by atoms with E-state index in [1.807, 2.05) is 32.0 Å². The molecule has 2 aliphatic rings. The quantitative estimate of drug-likeness (QED) is 0.486. The molecule has 7 heteroatoms. The van der Waals surface area contributed by atoms with E-state index in [1.165, 1.54) is 4.90 Å². The molecule has 32 heavy (non-hydrogen) atoms. The van der Waals surface area contributed by atoms with Crippen LogP contribution in [0.3, 0.4) is 0 Å². The third-order valence-corrected chi connectivity index (χ3v) is 6.39. The summed E-state index contributed by atoms with van der Waals surface area (Å²) in [6.45, 7) is 5.93. The van der Waals surface area contributed by atoms with Crippen molar-refractivity contribution >= 4 is 17.7 Å². The number of fused-ring (bicyclic) bond motifs is 1. The van der Waals surface area contributed by atoms with Gasteiger partial charge in [-0.25, -0.2) is 0 Å². The van der Waals surface area contributed by atoms with E-state index in [2.05, 4.69) is 0 Å². The Morgan fingerprint density at radius 3 is 2.34 bits per heavy atom. The molecule has 7 nitrogen and oxygen atoms in total. The molecular weight excluding hydrogens is 408 g/mol. The van der Waals surface area contributed by atoms with Crippen molar-refractivity contribution in [3.63, 3.8) is 0 Å². The molecule has 0 bridgehead atoms. The Labute approximate surface area is 191 Å². The number of rotatable bonds is 11. The molecule has 1 saturated carbocycles. The van der Waals surface area contributed by atoms with Crippen LogP contribution >= 0.6 is 0 Å². The molecule has 0 unspecified atom stereocenters. The van der Waals surface area contributed by atoms with Crippen molar-refractivity contribution in [2.45, 2.75) is 65.3 Å². The third-order valence-electron chi connectivity index (χ3n) is 6.39. The smallest absolute Gasteiger partial charge is 0.233 e. The molecule has 0 N–H and O–H groups in total. The number of amides is 3. The van der Waals surface area contributed by atoms with Crippen LogP contribution in [0.15, 0.2) is 18.2 Å². The normalized spacial score (nSPS) is 20.3. The van der Waals surface area contributed by atoms with E-state index in [1.54, 1.807) is 12.0 Å². The minimum Gasteiger partial charge on any atom is -0.493 e. The number of likely N-dealkylation sites (tertiary alicyclic amines) is 1. The Morgan fingerprint density at radius 1 is 1.06 bits per heavy atom. The number of imide groups is 1. The number of carbonyl (C=O) groups is 3. The highest BCUT2D eigenvalue weighted by molar-refractivity contribution is 6.05. The van der Waals surface area contributed by atoms with Crippen LogP contribution in [0, 0.1) is 11.8 Å². The molecule has 1 aliphatic heterocycles. The van der Waals surface area contributed by atoms with Crippen molar-refractivity contribution < 1.29 is 23.9 Å². The number of ether oxygens (including phenoxy) is 2. The standard InChI is InChI=1S/C25H36N2O5/c1-4-13-26(17-18-10-11-21(32-15-5-2)22(16-18)31-3)23(28)12-14-27-24(29)19-8-6-7-9-20(19)25(27)30/h10-11,16,19-20H,4-9,12-15,17H2,1-3H3/t19-,20+. The summed E-state index contributed by atoms with van der Waals surface area (Å²) in [5, 5.41) is 0. The van der Waals surface area contributed by atoms with Gasteiger partial charge < -0.3 is 14.4 Å². The molecule has 0 aromatic heterocycles. The number of hydrogen-bond donors (Lipinski definition) is 0. The zero-order valence-electron chi connectivity index (χ0n) is 19.6. The molecule has 3 rings (SSSR count). The van der Waals surface area contributed by atoms with Gasteiger partial charge in [-0.15, -0.1) is 0 Å². The molecule has 0 spiro atoms. The maximum Gasteiger partial charge on any atom is 0.233 e. The van der Waals surface area contributed by atoms with Crippen LogP contribution in [-0.4, -0.2) is 54.3 Å². The zero-order chi connectivity index (χ0) is 23.1. The molecule has 2 atom stereocenters. The second-order valence-electron chi connectivity index (χ2n) is 8.72. The van der Waals surface area contributed by atoms with E-state index in [-0.39, 0.29) is 42.5 Å². The van der Waals surface area contributed by atoms with Gasteiger partial charge in [-0.1, -0.05) is 32.8 Å². The van der Waals surface area contributed by atoms with Gasteiger partial charge >= 0.3 is 0 Å². The summed E-state index contributed by atoms with van der Waals surface area (Å²) in [6.07, 6.45) is 5.49. The second kappa shape index (κ2) is 11.3. The van der Waals surface area contributed by atoms with E-state index < -0.39 is 0 Å². The summed E-state index contributed by atoms with van der Waals surface area (Å²) in [5.74, 6) is 0.796. The minimum absolute atomic E-state index is 0.0485. The fraction of sp³-hybridized carbons (Fsp3) is 0.640. The van der Waals surface area contributed by atoms with Crippen LogP contribution in [0.1, 0.15) is 64.4 Å². The summed E-state index contributed by atoms with van der Waals surface area (Å²) in [7, 11) is 1.61. The highest BCUT2D eigenvalue weighted by Gasteiger charge is 2.47. The Hall–Kier alpha value is -2.57. The molecule has 1 aromatic rings. The lowest BCUT2D eigenvalue weighted by atomic mass is 9.81. The highest BCUT2D eigenvalue weighted by atomic mass is 16.5. The largest absolute Gasteiger partial charge is 0.493 e. The molecule has 3 amide bonds. The summed E-state index contributed by atoms with van der Waals surface area (Å²) in [4.78, 5) is 41.5. The molecule has 1 aliphatic carbocycles. The number of benzene rings is 1. The molecule has 1 aromatic carbocycles. The lowest BCUT2D eigenvalue weighted by molar-refractivity contribution is -0.141. The Kier molecular flexibility index (Phi) is 8.53. The predicted molar refractivity (Wildman–Crippen MR) is 121 cm³/mol. The number of nitrogens with zero attached hydrogens (tertiary/aromatic N) is 2. The average molecular weight is 445 g/mol. The van der Waals surface area contributed by atoms with Crippen molar-refractivity contribution in [2.24, 2.45) is 11.8 Å². The number of methoxy groups -OCH3 is 1. The van der Waals surface area contributed by atoms with E-state index in [0.717, 1.165) is 44.1 Å². The van der Waals surface area contributed by atoms with E-state index in [9.17, 15) is 14.4 Å². The van der Waals surface area contributed by atoms with Gasteiger partial charge in [-0.2, -0.15) is 0 Å². The first-order valence-electron chi connectivity index (χ1n) is 11.9. The van der Waals surface area contributed by atoms with Crippen molar-refractivity contribution in [1.29, 1.82) is 0 Å². The van der Waals surface area contributed by atoms with Crippen LogP contribution in [0.25, 0.3) is 0 Å². The lowest BCUT2D eigenvalue weighted by Gasteiger charge is -2.24. The first-order chi connectivity index (χ1) is 15.5. The van der Waals surface area contributed by atoms with Gasteiger partial charge in [0.05, 0.1) is 25.6 Å². The van der Waals surface area contributed by atoms with Crippen molar-refractivity contribution in [3.05, 3.63) is 23.8 Å². The second-order valence-corrected chi connectivity index (χ2v) is 8.72. The van der Waals surface area contributed by atoms with Crippen LogP contribution in [0.5, 0.6) is 11.5 Å².